The van der Waals surface area contributed by atoms with Gasteiger partial charge in [0.2, 0.25) is 0 Å². The van der Waals surface area contributed by atoms with Crippen molar-refractivity contribution in [3.8, 4) is 17.6 Å². The minimum absolute atomic E-state index is 0.734. The molecule has 0 saturated heterocycles. The summed E-state index contributed by atoms with van der Waals surface area (Å²) in [6, 6.07) is 12.6. The number of hydrogen-bond acceptors (Lipinski definition) is 2. The summed E-state index contributed by atoms with van der Waals surface area (Å²) in [6.07, 6.45) is 12.8. The molecule has 142 valence electrons. The van der Waals surface area contributed by atoms with E-state index in [1.807, 2.05) is 12.1 Å². The average Bonchev–Trinajstić information content (AvgIpc) is 2.74. The summed E-state index contributed by atoms with van der Waals surface area (Å²) in [5.74, 6) is 8.79. The number of benzene rings is 1. The standard InChI is InChI=1S/C25H31NO/c1-3-4-5-6-20-7-12-22(13-8-20)23-14-9-21(10-15-23)11-16-24-17-18-25(27-2)19-26-24/h9-10,14-15,17-20,22H,3-8,12-13H2,1-2H3/t20-,22-. The normalized spacial score (nSPS) is 19.2. The highest BCUT2D eigenvalue weighted by molar-refractivity contribution is 5.42. The first-order valence-electron chi connectivity index (χ1n) is 10.4. The van der Waals surface area contributed by atoms with Crippen molar-refractivity contribution in [1.82, 2.24) is 4.98 Å². The van der Waals surface area contributed by atoms with Gasteiger partial charge in [-0.15, -0.1) is 0 Å². The Hall–Kier alpha value is -2.27. The zero-order valence-corrected chi connectivity index (χ0v) is 16.7. The van der Waals surface area contributed by atoms with E-state index in [4.69, 9.17) is 4.74 Å². The van der Waals surface area contributed by atoms with Gasteiger partial charge in [-0.1, -0.05) is 50.7 Å². The van der Waals surface area contributed by atoms with Crippen LogP contribution in [0.25, 0.3) is 0 Å². The Labute approximate surface area is 164 Å². The Kier molecular flexibility index (Phi) is 7.34. The van der Waals surface area contributed by atoms with Crippen LogP contribution in [0.4, 0.5) is 0 Å². The molecule has 1 aromatic carbocycles. The van der Waals surface area contributed by atoms with Crippen molar-refractivity contribution in [3.63, 3.8) is 0 Å². The van der Waals surface area contributed by atoms with Crippen molar-refractivity contribution in [3.05, 3.63) is 59.4 Å². The van der Waals surface area contributed by atoms with Crippen LogP contribution in [0.15, 0.2) is 42.6 Å². The van der Waals surface area contributed by atoms with Gasteiger partial charge in [0.05, 0.1) is 13.3 Å². The second kappa shape index (κ2) is 10.2. The van der Waals surface area contributed by atoms with Gasteiger partial charge in [0.15, 0.2) is 0 Å². The van der Waals surface area contributed by atoms with Gasteiger partial charge in [0.1, 0.15) is 11.4 Å². The minimum atomic E-state index is 0.734. The van der Waals surface area contributed by atoms with E-state index in [2.05, 4.69) is 48.0 Å². The number of ether oxygens (including phenoxy) is 1. The highest BCUT2D eigenvalue weighted by atomic mass is 16.5. The Morgan fingerprint density at radius 3 is 2.37 bits per heavy atom. The fourth-order valence-electron chi connectivity index (χ4n) is 4.02. The first-order chi connectivity index (χ1) is 13.3. The molecule has 1 aliphatic rings. The van der Waals surface area contributed by atoms with E-state index in [1.54, 1.807) is 13.3 Å². The highest BCUT2D eigenvalue weighted by Gasteiger charge is 2.21. The number of rotatable bonds is 6. The van der Waals surface area contributed by atoms with Crippen molar-refractivity contribution >= 4 is 0 Å². The van der Waals surface area contributed by atoms with Crippen LogP contribution in [0.1, 0.15) is 81.0 Å². The van der Waals surface area contributed by atoms with Crippen LogP contribution in [-0.4, -0.2) is 12.1 Å². The van der Waals surface area contributed by atoms with Crippen molar-refractivity contribution in [1.29, 1.82) is 0 Å². The molecule has 2 aromatic rings. The topological polar surface area (TPSA) is 22.1 Å². The van der Waals surface area contributed by atoms with E-state index >= 15 is 0 Å². The lowest BCUT2D eigenvalue weighted by Gasteiger charge is -2.29. The van der Waals surface area contributed by atoms with Crippen LogP contribution in [0, 0.1) is 17.8 Å². The van der Waals surface area contributed by atoms with E-state index in [1.165, 1.54) is 56.9 Å². The molecule has 2 nitrogen and oxygen atoms in total. The van der Waals surface area contributed by atoms with Gasteiger partial charge in [-0.3, -0.25) is 0 Å². The smallest absolute Gasteiger partial charge is 0.137 e. The molecule has 0 atom stereocenters. The molecular formula is C25H31NO. The molecule has 0 spiro atoms. The lowest BCUT2D eigenvalue weighted by molar-refractivity contribution is 0.303. The summed E-state index contributed by atoms with van der Waals surface area (Å²) >= 11 is 0. The Bertz CT molecular complexity index is 744. The van der Waals surface area contributed by atoms with E-state index in [0.717, 1.165) is 28.8 Å². The summed E-state index contributed by atoms with van der Waals surface area (Å²) in [4.78, 5) is 4.29. The Balaban J connectivity index is 1.53. The highest BCUT2D eigenvalue weighted by Crippen LogP contribution is 2.37. The fraction of sp³-hybridized carbons (Fsp3) is 0.480. The molecule has 0 unspecified atom stereocenters. The first-order valence-corrected chi connectivity index (χ1v) is 10.4. The molecule has 0 N–H and O–H groups in total. The van der Waals surface area contributed by atoms with Crippen molar-refractivity contribution in [2.24, 2.45) is 5.92 Å². The zero-order chi connectivity index (χ0) is 18.9. The molecule has 2 heteroatoms. The van der Waals surface area contributed by atoms with Crippen LogP contribution in [0.3, 0.4) is 0 Å². The summed E-state index contributed by atoms with van der Waals surface area (Å²) in [6.45, 7) is 2.29. The molecule has 1 aliphatic carbocycles. The third-order valence-electron chi connectivity index (χ3n) is 5.75. The molecule has 1 fully saturated rings. The Morgan fingerprint density at radius 2 is 1.74 bits per heavy atom. The lowest BCUT2D eigenvalue weighted by Crippen LogP contribution is -2.13. The van der Waals surface area contributed by atoms with Crippen molar-refractivity contribution in [2.75, 3.05) is 7.11 Å². The number of hydrogen-bond donors (Lipinski definition) is 0. The largest absolute Gasteiger partial charge is 0.495 e. The van der Waals surface area contributed by atoms with Gasteiger partial charge in [0.25, 0.3) is 0 Å². The zero-order valence-electron chi connectivity index (χ0n) is 16.7. The monoisotopic (exact) mass is 361 g/mol. The van der Waals surface area contributed by atoms with Crippen molar-refractivity contribution < 1.29 is 4.74 Å². The molecule has 1 aromatic heterocycles. The van der Waals surface area contributed by atoms with Crippen LogP contribution in [0.2, 0.25) is 0 Å². The SMILES string of the molecule is CCCCC[C@H]1CC[C@H](c2ccc(C#Cc3ccc(OC)cn3)cc2)CC1. The molecule has 1 saturated carbocycles. The second-order valence-corrected chi connectivity index (χ2v) is 7.67. The quantitative estimate of drug-likeness (QED) is 0.442. The van der Waals surface area contributed by atoms with Gasteiger partial charge < -0.3 is 4.74 Å². The fourth-order valence-corrected chi connectivity index (χ4v) is 4.02. The van der Waals surface area contributed by atoms with E-state index < -0.39 is 0 Å². The maximum absolute atomic E-state index is 5.12. The summed E-state index contributed by atoms with van der Waals surface area (Å²) < 4.78 is 5.12. The number of unbranched alkanes of at least 4 members (excludes halogenated alkanes) is 2. The van der Waals surface area contributed by atoms with Gasteiger partial charge in [-0.2, -0.15) is 0 Å². The molecular weight excluding hydrogens is 330 g/mol. The number of pyridine rings is 1. The van der Waals surface area contributed by atoms with Crippen LogP contribution >= 0.6 is 0 Å². The van der Waals surface area contributed by atoms with E-state index in [0.29, 0.717) is 0 Å². The predicted molar refractivity (Wildman–Crippen MR) is 112 cm³/mol. The molecule has 0 bridgehead atoms. The summed E-state index contributed by atoms with van der Waals surface area (Å²) in [5, 5.41) is 0. The minimum Gasteiger partial charge on any atom is -0.495 e. The molecule has 1 heterocycles. The Morgan fingerprint density at radius 1 is 0.963 bits per heavy atom. The second-order valence-electron chi connectivity index (χ2n) is 7.67. The summed E-state index contributed by atoms with van der Waals surface area (Å²) in [5.41, 5.74) is 3.29. The average molecular weight is 362 g/mol. The van der Waals surface area contributed by atoms with E-state index in [-0.39, 0.29) is 0 Å². The van der Waals surface area contributed by atoms with Crippen LogP contribution in [0.5, 0.6) is 5.75 Å². The van der Waals surface area contributed by atoms with E-state index in [9.17, 15) is 0 Å². The maximum atomic E-state index is 5.12. The molecule has 0 radical (unpaired) electrons. The number of aromatic nitrogens is 1. The van der Waals surface area contributed by atoms with Crippen LogP contribution < -0.4 is 4.74 Å². The number of nitrogens with zero attached hydrogens (tertiary/aromatic N) is 1. The van der Waals surface area contributed by atoms with Crippen molar-refractivity contribution in [2.45, 2.75) is 64.2 Å². The molecule has 3 rings (SSSR count). The third kappa shape index (κ3) is 5.86. The summed E-state index contributed by atoms with van der Waals surface area (Å²) in [7, 11) is 1.64. The first kappa shape index (κ1) is 19.5. The van der Waals surface area contributed by atoms with Gasteiger partial charge in [-0.25, -0.2) is 4.98 Å². The molecule has 0 amide bonds. The third-order valence-corrected chi connectivity index (χ3v) is 5.75. The number of methoxy groups -OCH3 is 1. The lowest BCUT2D eigenvalue weighted by atomic mass is 9.77. The maximum Gasteiger partial charge on any atom is 0.137 e. The van der Waals surface area contributed by atoms with Gasteiger partial charge in [0, 0.05) is 5.56 Å². The van der Waals surface area contributed by atoms with Crippen LogP contribution in [-0.2, 0) is 0 Å². The predicted octanol–water partition coefficient (Wildman–Crippen LogP) is 6.34. The van der Waals surface area contributed by atoms with Gasteiger partial charge in [-0.05, 0) is 73.3 Å². The van der Waals surface area contributed by atoms with Gasteiger partial charge >= 0.3 is 0 Å². The molecule has 0 aliphatic heterocycles. The molecule has 27 heavy (non-hydrogen) atoms.